The van der Waals surface area contributed by atoms with Crippen LogP contribution < -0.4 is 17.0 Å². The Kier molecular flexibility index (Phi) is 4.62. The van der Waals surface area contributed by atoms with Crippen LogP contribution in [0.4, 0.5) is 5.95 Å². The number of nitrogens with zero attached hydrogens (tertiary/aromatic N) is 6. The molecular formula is C22H21N7O3. The molecule has 0 aromatic carbocycles. The monoisotopic (exact) mass is 431 g/mol. The van der Waals surface area contributed by atoms with Gasteiger partial charge in [0.2, 0.25) is 11.5 Å². The van der Waals surface area contributed by atoms with Crippen LogP contribution in [-0.4, -0.2) is 28.9 Å². The van der Waals surface area contributed by atoms with Crippen molar-refractivity contribution in [3.8, 4) is 11.1 Å². The number of rotatable bonds is 4. The summed E-state index contributed by atoms with van der Waals surface area (Å²) in [6, 6.07) is 4.93. The first-order valence-electron chi connectivity index (χ1n) is 10.2. The van der Waals surface area contributed by atoms with Crippen LogP contribution in [-0.2, 0) is 13.6 Å². The average Bonchev–Trinajstić information content (AvgIpc) is 3.34. The predicted octanol–water partition coefficient (Wildman–Crippen LogP) is 1.92. The highest BCUT2D eigenvalue weighted by Gasteiger charge is 2.23. The highest BCUT2D eigenvalue weighted by Crippen LogP contribution is 2.33. The minimum absolute atomic E-state index is 0.0380. The van der Waals surface area contributed by atoms with Crippen molar-refractivity contribution in [3.63, 3.8) is 0 Å². The molecule has 1 aliphatic rings. The van der Waals surface area contributed by atoms with Crippen molar-refractivity contribution in [2.24, 2.45) is 7.05 Å². The molecule has 0 amide bonds. The lowest BCUT2D eigenvalue weighted by atomic mass is 9.97. The number of pyridine rings is 1. The molecule has 0 radical (unpaired) electrons. The van der Waals surface area contributed by atoms with E-state index in [2.05, 4.69) is 27.4 Å². The van der Waals surface area contributed by atoms with Crippen LogP contribution in [0.3, 0.4) is 0 Å². The van der Waals surface area contributed by atoms with Crippen LogP contribution in [0.1, 0.15) is 30.0 Å². The SMILES string of the molecule is Cc1cc(Cn2nc3c(-c4ccc(=O)n(C)c4)c(C4=CCCC=C4)nc(N)n3c2=O)no1. The Morgan fingerprint density at radius 1 is 1.22 bits per heavy atom. The second kappa shape index (κ2) is 7.49. The number of aryl methyl sites for hydroxylation is 2. The maximum atomic E-state index is 13.2. The molecule has 0 spiro atoms. The van der Waals surface area contributed by atoms with Gasteiger partial charge < -0.3 is 14.8 Å². The Labute approximate surface area is 181 Å². The Morgan fingerprint density at radius 2 is 2.06 bits per heavy atom. The van der Waals surface area contributed by atoms with Gasteiger partial charge in [0.15, 0.2) is 5.65 Å². The lowest BCUT2D eigenvalue weighted by Crippen LogP contribution is -2.24. The number of nitrogens with two attached hydrogens (primary N) is 1. The second-order valence-corrected chi connectivity index (χ2v) is 7.73. The summed E-state index contributed by atoms with van der Waals surface area (Å²) in [5.41, 5.74) is 9.42. The van der Waals surface area contributed by atoms with Gasteiger partial charge in [0.1, 0.15) is 11.5 Å². The van der Waals surface area contributed by atoms with Gasteiger partial charge in [0.05, 0.1) is 17.8 Å². The number of fused-ring (bicyclic) bond motifs is 1. The first-order chi connectivity index (χ1) is 15.4. The molecule has 5 rings (SSSR count). The highest BCUT2D eigenvalue weighted by atomic mass is 16.5. The summed E-state index contributed by atoms with van der Waals surface area (Å²) >= 11 is 0. The quantitative estimate of drug-likeness (QED) is 0.523. The largest absolute Gasteiger partial charge is 0.369 e. The standard InChI is InChI=1S/C22H21N7O3/c1-13-10-16(26-32-13)12-28-22(31)29-20(25-28)18(15-8-9-17(30)27(2)11-15)19(24-21(29)23)14-6-4-3-5-7-14/h4,6-11H,3,5,12H2,1-2H3,(H2,23,24). The third-order valence-corrected chi connectivity index (χ3v) is 5.39. The fraction of sp³-hybridized carbons (Fsp3) is 0.227. The van der Waals surface area contributed by atoms with E-state index in [0.29, 0.717) is 33.9 Å². The molecule has 0 saturated carbocycles. The summed E-state index contributed by atoms with van der Waals surface area (Å²) in [4.78, 5) is 29.7. The van der Waals surface area contributed by atoms with Crippen LogP contribution >= 0.6 is 0 Å². The molecule has 0 fully saturated rings. The van der Waals surface area contributed by atoms with Crippen LogP contribution in [0.25, 0.3) is 22.3 Å². The van der Waals surface area contributed by atoms with Crippen LogP contribution in [0.2, 0.25) is 0 Å². The summed E-state index contributed by atoms with van der Waals surface area (Å²) < 4.78 is 9.15. The maximum absolute atomic E-state index is 13.2. The molecule has 0 unspecified atom stereocenters. The zero-order chi connectivity index (χ0) is 22.4. The summed E-state index contributed by atoms with van der Waals surface area (Å²) in [5.74, 6) is 0.679. The molecule has 4 heterocycles. The lowest BCUT2D eigenvalue weighted by molar-refractivity contribution is 0.387. The third-order valence-electron chi connectivity index (χ3n) is 5.39. The van der Waals surface area contributed by atoms with Crippen LogP contribution in [0.5, 0.6) is 0 Å². The van der Waals surface area contributed by atoms with Gasteiger partial charge in [-0.2, -0.15) is 0 Å². The smallest absolute Gasteiger partial charge is 0.353 e. The van der Waals surface area contributed by atoms with E-state index < -0.39 is 5.69 Å². The number of anilines is 1. The first kappa shape index (κ1) is 19.7. The number of nitrogen functional groups attached to an aromatic ring is 1. The highest BCUT2D eigenvalue weighted by molar-refractivity contribution is 5.91. The molecule has 10 nitrogen and oxygen atoms in total. The van der Waals surface area contributed by atoms with E-state index in [1.165, 1.54) is 19.7 Å². The zero-order valence-electron chi connectivity index (χ0n) is 17.6. The van der Waals surface area contributed by atoms with E-state index in [0.717, 1.165) is 18.4 Å². The number of hydrogen-bond acceptors (Lipinski definition) is 7. The van der Waals surface area contributed by atoms with E-state index in [-0.39, 0.29) is 18.1 Å². The van der Waals surface area contributed by atoms with Gasteiger partial charge in [-0.3, -0.25) is 4.79 Å². The van der Waals surface area contributed by atoms with E-state index in [1.807, 2.05) is 6.08 Å². The molecule has 32 heavy (non-hydrogen) atoms. The second-order valence-electron chi connectivity index (χ2n) is 7.73. The van der Waals surface area contributed by atoms with Crippen molar-refractivity contribution in [1.29, 1.82) is 0 Å². The molecule has 4 aromatic heterocycles. The normalized spacial score (nSPS) is 13.6. The molecule has 4 aromatic rings. The topological polar surface area (TPSA) is 126 Å². The summed E-state index contributed by atoms with van der Waals surface area (Å²) in [5, 5.41) is 8.54. The molecule has 0 aliphatic heterocycles. The number of hydrogen-bond donors (Lipinski definition) is 1. The van der Waals surface area contributed by atoms with Crippen LogP contribution in [0.15, 0.2) is 56.7 Å². The summed E-state index contributed by atoms with van der Waals surface area (Å²) in [7, 11) is 1.67. The van der Waals surface area contributed by atoms with Gasteiger partial charge in [0, 0.05) is 30.9 Å². The van der Waals surface area contributed by atoms with Crippen molar-refractivity contribution < 1.29 is 4.52 Å². The molecule has 0 atom stereocenters. The van der Waals surface area contributed by atoms with E-state index >= 15 is 0 Å². The molecule has 2 N–H and O–H groups in total. The van der Waals surface area contributed by atoms with Gasteiger partial charge in [-0.1, -0.05) is 23.4 Å². The maximum Gasteiger partial charge on any atom is 0.353 e. The van der Waals surface area contributed by atoms with Crippen molar-refractivity contribution >= 4 is 17.2 Å². The fourth-order valence-electron chi connectivity index (χ4n) is 3.86. The third kappa shape index (κ3) is 3.25. The van der Waals surface area contributed by atoms with Gasteiger partial charge in [-0.25, -0.2) is 18.9 Å². The molecule has 162 valence electrons. The summed E-state index contributed by atoms with van der Waals surface area (Å²) in [6.45, 7) is 1.91. The van der Waals surface area contributed by atoms with E-state index in [9.17, 15) is 9.59 Å². The van der Waals surface area contributed by atoms with Crippen molar-refractivity contribution in [1.82, 2.24) is 28.9 Å². The van der Waals surface area contributed by atoms with Gasteiger partial charge >= 0.3 is 5.69 Å². The number of aromatic nitrogens is 6. The Morgan fingerprint density at radius 3 is 2.75 bits per heavy atom. The van der Waals surface area contributed by atoms with Gasteiger partial charge in [0.25, 0.3) is 0 Å². The first-order valence-corrected chi connectivity index (χ1v) is 10.2. The summed E-state index contributed by atoms with van der Waals surface area (Å²) in [6.07, 6.45) is 9.66. The predicted molar refractivity (Wildman–Crippen MR) is 119 cm³/mol. The molecule has 0 bridgehead atoms. The van der Waals surface area contributed by atoms with Gasteiger partial charge in [-0.05, 0) is 31.4 Å². The molecular weight excluding hydrogens is 410 g/mol. The minimum Gasteiger partial charge on any atom is -0.369 e. The number of allylic oxidation sites excluding steroid dienone is 4. The fourth-order valence-corrected chi connectivity index (χ4v) is 3.86. The Hall–Kier alpha value is -4.21. The zero-order valence-corrected chi connectivity index (χ0v) is 17.6. The van der Waals surface area contributed by atoms with Crippen molar-refractivity contribution in [2.75, 3.05) is 5.73 Å². The average molecular weight is 431 g/mol. The van der Waals surface area contributed by atoms with Gasteiger partial charge in [-0.15, -0.1) is 5.10 Å². The van der Waals surface area contributed by atoms with Crippen molar-refractivity contribution in [2.45, 2.75) is 26.3 Å². The van der Waals surface area contributed by atoms with E-state index in [4.69, 9.17) is 10.3 Å². The minimum atomic E-state index is -0.434. The molecule has 10 heteroatoms. The molecule has 0 saturated heterocycles. The molecule has 1 aliphatic carbocycles. The van der Waals surface area contributed by atoms with Crippen molar-refractivity contribution in [3.05, 3.63) is 80.6 Å². The van der Waals surface area contributed by atoms with E-state index in [1.54, 1.807) is 32.3 Å². The van der Waals surface area contributed by atoms with Crippen LogP contribution in [0, 0.1) is 6.92 Å². The Bertz CT molecular complexity index is 1530. The Balaban J connectivity index is 1.81. The lowest BCUT2D eigenvalue weighted by Gasteiger charge is -2.14.